The van der Waals surface area contributed by atoms with E-state index in [9.17, 15) is 9.59 Å². The van der Waals surface area contributed by atoms with E-state index in [4.69, 9.17) is 16.0 Å². The van der Waals surface area contributed by atoms with Crippen molar-refractivity contribution in [3.8, 4) is 0 Å². The highest BCUT2D eigenvalue weighted by molar-refractivity contribution is 5.84. The number of likely N-dealkylation sites (tertiary alicyclic amines) is 1. The lowest BCUT2D eigenvalue weighted by Crippen LogP contribution is -2.56. The van der Waals surface area contributed by atoms with Crippen molar-refractivity contribution in [3.05, 3.63) is 0 Å². The Morgan fingerprint density at radius 3 is 2.50 bits per heavy atom. The minimum atomic E-state index is -1.20. The molecule has 7 nitrogen and oxygen atoms in total. The molecule has 1 saturated heterocycles. The van der Waals surface area contributed by atoms with Crippen LogP contribution >= 0.6 is 0 Å². The summed E-state index contributed by atoms with van der Waals surface area (Å²) in [5.74, 6) is -0.649. The van der Waals surface area contributed by atoms with Crippen molar-refractivity contribution in [2.75, 3.05) is 6.54 Å². The van der Waals surface area contributed by atoms with E-state index in [1.807, 2.05) is 5.48 Å². The average molecular weight is 203 g/mol. The molecule has 1 heterocycles. The molecule has 0 saturated carbocycles. The number of carbonyl (C=O) groups is 2. The van der Waals surface area contributed by atoms with Crippen LogP contribution in [0.3, 0.4) is 0 Å². The first-order valence-corrected chi connectivity index (χ1v) is 4.24. The summed E-state index contributed by atoms with van der Waals surface area (Å²) in [6.07, 6.45) is -0.345. The Balaban J connectivity index is 2.70. The Hall–Kier alpha value is -1.34. The molecule has 0 aliphatic carbocycles. The van der Waals surface area contributed by atoms with E-state index in [-0.39, 0.29) is 12.6 Å². The van der Waals surface area contributed by atoms with E-state index >= 15 is 0 Å². The average Bonchev–Trinajstić information content (AvgIpc) is 2.16. The maximum atomic E-state index is 10.9. The van der Waals surface area contributed by atoms with Gasteiger partial charge < -0.3 is 16.0 Å². The van der Waals surface area contributed by atoms with Crippen LogP contribution in [0.25, 0.3) is 0 Å². The van der Waals surface area contributed by atoms with E-state index in [0.717, 1.165) is 4.90 Å². The molecule has 0 bridgehead atoms. The Morgan fingerprint density at radius 1 is 1.43 bits per heavy atom. The molecule has 1 aliphatic rings. The highest BCUT2D eigenvalue weighted by atomic mass is 16.5. The molecule has 0 radical (unpaired) electrons. The monoisotopic (exact) mass is 203 g/mol. The van der Waals surface area contributed by atoms with Crippen molar-refractivity contribution in [2.24, 2.45) is 5.73 Å². The summed E-state index contributed by atoms with van der Waals surface area (Å²) < 4.78 is 0. The molecule has 0 aromatic rings. The molecule has 5 N–H and O–H groups in total. The van der Waals surface area contributed by atoms with Crippen LogP contribution in [0.15, 0.2) is 0 Å². The van der Waals surface area contributed by atoms with Gasteiger partial charge in [-0.25, -0.2) is 10.3 Å². The van der Waals surface area contributed by atoms with Crippen LogP contribution in [0.2, 0.25) is 0 Å². The van der Waals surface area contributed by atoms with Gasteiger partial charge in [0, 0.05) is 12.6 Å². The van der Waals surface area contributed by atoms with Gasteiger partial charge in [-0.2, -0.15) is 0 Å². The van der Waals surface area contributed by atoms with Gasteiger partial charge in [0.1, 0.15) is 6.04 Å². The summed E-state index contributed by atoms with van der Waals surface area (Å²) in [6.45, 7) is 0.0689. The molecule has 1 fully saturated rings. The van der Waals surface area contributed by atoms with E-state index < -0.39 is 18.0 Å². The largest absolute Gasteiger partial charge is 0.465 e. The van der Waals surface area contributed by atoms with Crippen molar-refractivity contribution in [1.82, 2.24) is 10.4 Å². The molecule has 1 rings (SSSR count). The van der Waals surface area contributed by atoms with Crippen LogP contribution in [0.1, 0.15) is 12.8 Å². The summed E-state index contributed by atoms with van der Waals surface area (Å²) in [7, 11) is 0. The van der Waals surface area contributed by atoms with Crippen LogP contribution in [0, 0.1) is 0 Å². The van der Waals surface area contributed by atoms with Gasteiger partial charge in [0.2, 0.25) is 5.91 Å². The van der Waals surface area contributed by atoms with Crippen molar-refractivity contribution in [3.63, 3.8) is 0 Å². The number of nitrogens with two attached hydrogens (primary N) is 1. The Morgan fingerprint density at radius 2 is 2.07 bits per heavy atom. The molecule has 0 unspecified atom stereocenters. The van der Waals surface area contributed by atoms with Crippen molar-refractivity contribution < 1.29 is 19.9 Å². The summed E-state index contributed by atoms with van der Waals surface area (Å²) in [6, 6.07) is -1.11. The van der Waals surface area contributed by atoms with Crippen LogP contribution < -0.4 is 11.2 Å². The predicted octanol–water partition coefficient (Wildman–Crippen LogP) is -1.04. The Labute approximate surface area is 80.4 Å². The normalized spacial score (nSPS) is 27.4. The molecule has 0 aromatic carbocycles. The number of rotatable bonds is 2. The zero-order chi connectivity index (χ0) is 10.7. The smallest absolute Gasteiger partial charge is 0.408 e. The number of hydroxylamine groups is 1. The highest BCUT2D eigenvalue weighted by Gasteiger charge is 2.34. The highest BCUT2D eigenvalue weighted by Crippen LogP contribution is 2.17. The van der Waals surface area contributed by atoms with Crippen LogP contribution in [-0.2, 0) is 4.79 Å². The number of piperidine rings is 1. The van der Waals surface area contributed by atoms with Gasteiger partial charge in [0.15, 0.2) is 0 Å². The number of carboxylic acid groups (broad SMARTS) is 1. The minimum Gasteiger partial charge on any atom is -0.465 e. The zero-order valence-corrected chi connectivity index (χ0v) is 7.51. The number of primary amides is 1. The van der Waals surface area contributed by atoms with Gasteiger partial charge in [-0.3, -0.25) is 9.69 Å². The number of amides is 2. The lowest BCUT2D eigenvalue weighted by molar-refractivity contribution is -0.124. The summed E-state index contributed by atoms with van der Waals surface area (Å²) in [5.41, 5.74) is 7.05. The van der Waals surface area contributed by atoms with E-state index in [1.165, 1.54) is 0 Å². The molecule has 7 heteroatoms. The summed E-state index contributed by atoms with van der Waals surface area (Å²) in [5, 5.41) is 17.4. The fraction of sp³-hybridized carbons (Fsp3) is 0.714. The molecule has 14 heavy (non-hydrogen) atoms. The maximum Gasteiger partial charge on any atom is 0.408 e. The number of hydrogen-bond donors (Lipinski definition) is 4. The topological polar surface area (TPSA) is 116 Å². The third-order valence-electron chi connectivity index (χ3n) is 2.34. The first-order chi connectivity index (χ1) is 6.56. The molecule has 80 valence electrons. The van der Waals surface area contributed by atoms with Gasteiger partial charge in [0.05, 0.1) is 0 Å². The van der Waals surface area contributed by atoms with E-state index in [1.54, 1.807) is 0 Å². The molecule has 2 atom stereocenters. The second-order valence-corrected chi connectivity index (χ2v) is 3.26. The fourth-order valence-corrected chi connectivity index (χ4v) is 1.58. The molecule has 0 aromatic heterocycles. The first kappa shape index (κ1) is 10.7. The molecule has 0 spiro atoms. The Bertz CT molecular complexity index is 245. The van der Waals surface area contributed by atoms with Gasteiger partial charge in [-0.1, -0.05) is 0 Å². The number of carbonyl (C=O) groups excluding carboxylic acids is 1. The lowest BCUT2D eigenvalue weighted by Gasteiger charge is -2.35. The molecular weight excluding hydrogens is 190 g/mol. The quantitative estimate of drug-likeness (QED) is 0.428. The predicted molar refractivity (Wildman–Crippen MR) is 45.7 cm³/mol. The Kier molecular flexibility index (Phi) is 3.26. The number of nitrogens with one attached hydrogen (secondary N) is 1. The summed E-state index contributed by atoms with van der Waals surface area (Å²) >= 11 is 0. The van der Waals surface area contributed by atoms with E-state index in [2.05, 4.69) is 0 Å². The zero-order valence-electron chi connectivity index (χ0n) is 7.51. The standard InChI is InChI=1S/C7H13N3O4/c8-6(11)5-2-1-4(9-14)3-10(5)7(12)13/h4-5,9,14H,1-3H2,(H2,8,11)(H,12,13)/t4-,5+/m1/s1. The minimum absolute atomic E-state index is 0.0689. The molecule has 2 amide bonds. The van der Waals surface area contributed by atoms with Gasteiger partial charge in [0.25, 0.3) is 0 Å². The fourth-order valence-electron chi connectivity index (χ4n) is 1.58. The van der Waals surface area contributed by atoms with Crippen LogP contribution in [0.4, 0.5) is 4.79 Å². The van der Waals surface area contributed by atoms with Gasteiger partial charge in [-0.05, 0) is 12.8 Å². The first-order valence-electron chi connectivity index (χ1n) is 4.24. The van der Waals surface area contributed by atoms with E-state index in [0.29, 0.717) is 12.8 Å². The SMILES string of the molecule is NC(=O)[C@@H]1CC[C@@H](NO)CN1C(=O)O. The maximum absolute atomic E-state index is 10.9. The van der Waals surface area contributed by atoms with Gasteiger partial charge >= 0.3 is 6.09 Å². The summed E-state index contributed by atoms with van der Waals surface area (Å²) in [4.78, 5) is 22.6. The van der Waals surface area contributed by atoms with Crippen molar-refractivity contribution in [2.45, 2.75) is 24.9 Å². The third-order valence-corrected chi connectivity index (χ3v) is 2.34. The third kappa shape index (κ3) is 2.12. The van der Waals surface area contributed by atoms with Crippen LogP contribution in [0.5, 0.6) is 0 Å². The molecular formula is C7H13N3O4. The second kappa shape index (κ2) is 4.25. The van der Waals surface area contributed by atoms with Crippen LogP contribution in [-0.4, -0.2) is 45.8 Å². The lowest BCUT2D eigenvalue weighted by atomic mass is 9.99. The second-order valence-electron chi connectivity index (χ2n) is 3.26. The van der Waals surface area contributed by atoms with Crippen molar-refractivity contribution in [1.29, 1.82) is 0 Å². The van der Waals surface area contributed by atoms with Gasteiger partial charge in [-0.15, -0.1) is 0 Å². The molecule has 1 aliphatic heterocycles. The number of hydrogen-bond acceptors (Lipinski definition) is 4. The van der Waals surface area contributed by atoms with Crippen molar-refractivity contribution >= 4 is 12.0 Å². The number of nitrogens with zero attached hydrogens (tertiary/aromatic N) is 1.